The summed E-state index contributed by atoms with van der Waals surface area (Å²) in [4.78, 5) is 10.9. The second kappa shape index (κ2) is 6.44. The molecule has 0 fully saturated rings. The van der Waals surface area contributed by atoms with E-state index in [1.807, 2.05) is 0 Å². The lowest BCUT2D eigenvalue weighted by Gasteiger charge is -2.39. The van der Waals surface area contributed by atoms with Crippen LogP contribution in [0.4, 0.5) is 0 Å². The predicted octanol–water partition coefficient (Wildman–Crippen LogP) is 4.67. The van der Waals surface area contributed by atoms with Crippen molar-refractivity contribution in [2.75, 3.05) is 7.11 Å². The number of hydrogen-bond acceptors (Lipinski definition) is 3. The van der Waals surface area contributed by atoms with E-state index in [1.54, 1.807) is 25.3 Å². The Morgan fingerprint density at radius 1 is 1.25 bits per heavy atom. The fraction of sp³-hybridized carbons (Fsp3) is 0.562. The highest BCUT2D eigenvalue weighted by molar-refractivity contribution is 6.74. The molecule has 0 aliphatic heterocycles. The zero-order valence-electron chi connectivity index (χ0n) is 13.4. The molecule has 0 atom stereocenters. The van der Waals surface area contributed by atoms with Gasteiger partial charge in [0.2, 0.25) is 0 Å². The largest absolute Gasteiger partial charge is 0.541 e. The maximum atomic E-state index is 10.9. The Bertz CT molecular complexity index is 467. The van der Waals surface area contributed by atoms with E-state index in [9.17, 15) is 4.79 Å². The Morgan fingerprint density at radius 3 is 2.40 bits per heavy atom. The summed E-state index contributed by atoms with van der Waals surface area (Å²) >= 11 is 0. The van der Waals surface area contributed by atoms with E-state index in [4.69, 9.17) is 9.16 Å². The summed E-state index contributed by atoms with van der Waals surface area (Å²) in [7, 11) is -0.352. The summed E-state index contributed by atoms with van der Waals surface area (Å²) in [6.45, 7) is 11.2. The smallest absolute Gasteiger partial charge is 0.250 e. The van der Waals surface area contributed by atoms with Gasteiger partial charge in [-0.15, -0.1) is 0 Å². The van der Waals surface area contributed by atoms with Crippen LogP contribution in [-0.4, -0.2) is 21.7 Å². The van der Waals surface area contributed by atoms with Crippen LogP contribution in [0.2, 0.25) is 18.1 Å². The van der Waals surface area contributed by atoms with Gasteiger partial charge in [-0.05, 0) is 42.8 Å². The summed E-state index contributed by atoms with van der Waals surface area (Å²) in [6.07, 6.45) is 3.10. The first kappa shape index (κ1) is 16.8. The summed E-state index contributed by atoms with van der Waals surface area (Å²) in [5.41, 5.74) is 0.610. The minimum atomic E-state index is -1.97. The van der Waals surface area contributed by atoms with Gasteiger partial charge in [0.25, 0.3) is 8.32 Å². The van der Waals surface area contributed by atoms with Crippen molar-refractivity contribution in [1.29, 1.82) is 0 Å². The third kappa shape index (κ3) is 3.63. The Labute approximate surface area is 123 Å². The molecule has 0 aromatic heterocycles. The highest BCUT2D eigenvalue weighted by atomic mass is 28.4. The van der Waals surface area contributed by atoms with Crippen molar-refractivity contribution < 1.29 is 14.0 Å². The lowest BCUT2D eigenvalue weighted by Crippen LogP contribution is -2.45. The van der Waals surface area contributed by atoms with Crippen LogP contribution in [-0.2, 0) is 0 Å². The van der Waals surface area contributed by atoms with Gasteiger partial charge in [-0.3, -0.25) is 4.79 Å². The minimum Gasteiger partial charge on any atom is -0.541 e. The fourth-order valence-corrected chi connectivity index (χ4v) is 4.02. The number of aldehydes is 1. The van der Waals surface area contributed by atoms with Crippen molar-refractivity contribution in [1.82, 2.24) is 0 Å². The van der Waals surface area contributed by atoms with Crippen molar-refractivity contribution in [3.05, 3.63) is 23.8 Å². The van der Waals surface area contributed by atoms with Gasteiger partial charge in [-0.25, -0.2) is 0 Å². The molecular formula is C16H26O3Si. The first-order chi connectivity index (χ1) is 9.27. The summed E-state index contributed by atoms with van der Waals surface area (Å²) in [5.74, 6) is 1.36. The molecule has 0 unspecified atom stereocenters. The van der Waals surface area contributed by atoms with Gasteiger partial charge in [0.1, 0.15) is 12.0 Å². The maximum Gasteiger partial charge on any atom is 0.250 e. The molecule has 20 heavy (non-hydrogen) atoms. The van der Waals surface area contributed by atoms with Gasteiger partial charge in [0, 0.05) is 5.56 Å². The van der Waals surface area contributed by atoms with Gasteiger partial charge in [-0.2, -0.15) is 0 Å². The molecule has 0 amide bonds. The standard InChI is InChI=1S/C16H26O3Si/c1-7-10-16(2,3)20(5,6)19-15-11-13(12-17)8-9-14(15)18-4/h8-9,11-12H,7,10H2,1-6H3. The molecule has 0 N–H and O–H groups in total. The normalized spacial score (nSPS) is 12.1. The molecule has 0 saturated heterocycles. The van der Waals surface area contributed by atoms with Crippen molar-refractivity contribution in [3.63, 3.8) is 0 Å². The maximum absolute atomic E-state index is 10.9. The third-order valence-electron chi connectivity index (χ3n) is 4.19. The average Bonchev–Trinajstić information content (AvgIpc) is 2.37. The van der Waals surface area contributed by atoms with Crippen molar-refractivity contribution in [2.45, 2.75) is 51.7 Å². The van der Waals surface area contributed by atoms with Crippen LogP contribution in [0.3, 0.4) is 0 Å². The van der Waals surface area contributed by atoms with Gasteiger partial charge in [0.15, 0.2) is 5.75 Å². The molecule has 0 aliphatic carbocycles. The number of benzene rings is 1. The van der Waals surface area contributed by atoms with E-state index >= 15 is 0 Å². The molecule has 112 valence electrons. The number of carbonyl (C=O) groups is 1. The van der Waals surface area contributed by atoms with E-state index in [0.29, 0.717) is 17.1 Å². The Balaban J connectivity index is 3.10. The topological polar surface area (TPSA) is 35.5 Å². The molecule has 1 aromatic rings. The van der Waals surface area contributed by atoms with E-state index < -0.39 is 8.32 Å². The molecule has 1 aromatic carbocycles. The lowest BCUT2D eigenvalue weighted by molar-refractivity contribution is 0.112. The van der Waals surface area contributed by atoms with Crippen LogP contribution in [0, 0.1) is 0 Å². The number of hydrogen-bond donors (Lipinski definition) is 0. The van der Waals surface area contributed by atoms with Crippen LogP contribution >= 0.6 is 0 Å². The van der Waals surface area contributed by atoms with Crippen LogP contribution in [0.5, 0.6) is 11.5 Å². The van der Waals surface area contributed by atoms with Crippen LogP contribution < -0.4 is 9.16 Å². The summed E-state index contributed by atoms with van der Waals surface area (Å²) < 4.78 is 11.7. The second-order valence-corrected chi connectivity index (χ2v) is 10.9. The molecular weight excluding hydrogens is 268 g/mol. The first-order valence-corrected chi connectivity index (χ1v) is 10.0. The quantitative estimate of drug-likeness (QED) is 0.541. The summed E-state index contributed by atoms with van der Waals surface area (Å²) in [6, 6.07) is 5.30. The molecule has 3 nitrogen and oxygen atoms in total. The van der Waals surface area contributed by atoms with Crippen LogP contribution in [0.25, 0.3) is 0 Å². The fourth-order valence-electron chi connectivity index (χ4n) is 2.19. The summed E-state index contributed by atoms with van der Waals surface area (Å²) in [5, 5.41) is 0.157. The van der Waals surface area contributed by atoms with Crippen molar-refractivity contribution in [2.24, 2.45) is 0 Å². The van der Waals surface area contributed by atoms with E-state index in [1.165, 1.54) is 0 Å². The Kier molecular flexibility index (Phi) is 5.40. The first-order valence-electron chi connectivity index (χ1n) is 7.09. The Morgan fingerprint density at radius 2 is 1.90 bits per heavy atom. The minimum absolute atomic E-state index is 0.157. The molecule has 0 aliphatic rings. The average molecular weight is 294 g/mol. The number of ether oxygens (including phenoxy) is 1. The Hall–Kier alpha value is -1.29. The van der Waals surface area contributed by atoms with Crippen LogP contribution in [0.1, 0.15) is 44.0 Å². The lowest BCUT2D eigenvalue weighted by atomic mass is 10.1. The number of carbonyl (C=O) groups excluding carboxylic acids is 1. The zero-order valence-corrected chi connectivity index (χ0v) is 14.4. The number of methoxy groups -OCH3 is 1. The molecule has 0 bridgehead atoms. The second-order valence-electron chi connectivity index (χ2n) is 6.27. The van der Waals surface area contributed by atoms with Gasteiger partial charge < -0.3 is 9.16 Å². The SMILES string of the molecule is CCCC(C)(C)[Si](C)(C)Oc1cc(C=O)ccc1OC. The van der Waals surface area contributed by atoms with Gasteiger partial charge >= 0.3 is 0 Å². The van der Waals surface area contributed by atoms with E-state index in [0.717, 1.165) is 19.1 Å². The van der Waals surface area contributed by atoms with Crippen molar-refractivity contribution in [3.8, 4) is 11.5 Å². The monoisotopic (exact) mass is 294 g/mol. The highest BCUT2D eigenvalue weighted by Gasteiger charge is 2.42. The predicted molar refractivity (Wildman–Crippen MR) is 85.4 cm³/mol. The van der Waals surface area contributed by atoms with Crippen LogP contribution in [0.15, 0.2) is 18.2 Å². The van der Waals surface area contributed by atoms with E-state index in [2.05, 4.69) is 33.9 Å². The van der Waals surface area contributed by atoms with Crippen molar-refractivity contribution >= 4 is 14.6 Å². The van der Waals surface area contributed by atoms with E-state index in [-0.39, 0.29) is 5.04 Å². The highest BCUT2D eigenvalue weighted by Crippen LogP contribution is 2.44. The van der Waals surface area contributed by atoms with Gasteiger partial charge in [-0.1, -0.05) is 27.2 Å². The number of rotatable bonds is 7. The molecule has 0 heterocycles. The molecule has 0 radical (unpaired) electrons. The molecule has 4 heteroatoms. The van der Waals surface area contributed by atoms with Gasteiger partial charge in [0.05, 0.1) is 7.11 Å². The molecule has 0 spiro atoms. The zero-order chi connectivity index (χ0) is 15.4. The molecule has 1 rings (SSSR count). The molecule has 0 saturated carbocycles. The third-order valence-corrected chi connectivity index (χ3v) is 8.43.